The highest BCUT2D eigenvalue weighted by molar-refractivity contribution is 7.90. The molecule has 26 heavy (non-hydrogen) atoms. The maximum Gasteiger partial charge on any atom is 0.304 e. The van der Waals surface area contributed by atoms with E-state index in [1.165, 1.54) is 8.61 Å². The van der Waals surface area contributed by atoms with Gasteiger partial charge in [-0.1, -0.05) is 0 Å². The Bertz CT molecular complexity index is 691. The molecule has 7 nitrogen and oxygen atoms in total. The first-order valence-electron chi connectivity index (χ1n) is 9.22. The maximum atomic E-state index is 13.1. The van der Waals surface area contributed by atoms with Crippen molar-refractivity contribution in [3.8, 4) is 5.75 Å². The van der Waals surface area contributed by atoms with Crippen LogP contribution in [0.15, 0.2) is 24.3 Å². The minimum absolute atomic E-state index is 0.0727. The zero-order valence-electron chi connectivity index (χ0n) is 15.8. The molecule has 1 fully saturated rings. The molecule has 1 saturated heterocycles. The molecule has 0 aliphatic carbocycles. The molecule has 8 heteroatoms. The largest absolute Gasteiger partial charge is 0.494 e. The van der Waals surface area contributed by atoms with Gasteiger partial charge in [0.15, 0.2) is 0 Å². The number of piperidine rings is 1. The monoisotopic (exact) mass is 383 g/mol. The minimum atomic E-state index is -3.69. The number of nitrogens with one attached hydrogen (secondary N) is 1. The molecule has 1 aromatic carbocycles. The first kappa shape index (κ1) is 20.5. The number of nitrogens with zero attached hydrogens (tertiary/aromatic N) is 2. The van der Waals surface area contributed by atoms with Crippen LogP contribution >= 0.6 is 0 Å². The normalized spacial score (nSPS) is 18.3. The first-order valence-corrected chi connectivity index (χ1v) is 10.6. The number of amides is 1. The predicted molar refractivity (Wildman–Crippen MR) is 103 cm³/mol. The number of anilines is 1. The van der Waals surface area contributed by atoms with Gasteiger partial charge in [0.2, 0.25) is 5.91 Å². The molecule has 1 amide bonds. The van der Waals surface area contributed by atoms with Crippen molar-refractivity contribution in [1.82, 2.24) is 9.62 Å². The van der Waals surface area contributed by atoms with Crippen molar-refractivity contribution < 1.29 is 17.9 Å². The van der Waals surface area contributed by atoms with Crippen molar-refractivity contribution >= 4 is 21.8 Å². The summed E-state index contributed by atoms with van der Waals surface area (Å²) >= 11 is 0. The van der Waals surface area contributed by atoms with Crippen LogP contribution in [-0.4, -0.2) is 51.4 Å². The number of hydrogen-bond acceptors (Lipinski definition) is 4. The van der Waals surface area contributed by atoms with Crippen LogP contribution in [0.1, 0.15) is 33.6 Å². The number of rotatable bonds is 8. The lowest BCUT2D eigenvalue weighted by Gasteiger charge is -2.35. The van der Waals surface area contributed by atoms with Gasteiger partial charge >= 0.3 is 10.2 Å². The molecular weight excluding hydrogens is 354 g/mol. The maximum absolute atomic E-state index is 13.1. The molecular formula is C18H29N3O4S. The number of hydrogen-bond donors (Lipinski definition) is 1. The van der Waals surface area contributed by atoms with E-state index in [0.717, 1.165) is 0 Å². The third kappa shape index (κ3) is 4.67. The topological polar surface area (TPSA) is 79.0 Å². The molecule has 0 bridgehead atoms. The van der Waals surface area contributed by atoms with Crippen molar-refractivity contribution in [1.29, 1.82) is 0 Å². The molecule has 1 atom stereocenters. The third-order valence-corrected chi connectivity index (χ3v) is 6.44. The van der Waals surface area contributed by atoms with E-state index in [9.17, 15) is 13.2 Å². The summed E-state index contributed by atoms with van der Waals surface area (Å²) in [6.45, 7) is 7.66. The van der Waals surface area contributed by atoms with Gasteiger partial charge in [0.05, 0.1) is 18.2 Å². The molecule has 0 saturated carbocycles. The Labute approximate surface area is 156 Å². The second-order valence-electron chi connectivity index (χ2n) is 6.19. The molecule has 0 radical (unpaired) electrons. The van der Waals surface area contributed by atoms with Crippen LogP contribution in [0.4, 0.5) is 5.69 Å². The average molecular weight is 384 g/mol. The van der Waals surface area contributed by atoms with Gasteiger partial charge in [-0.15, -0.1) is 0 Å². The van der Waals surface area contributed by atoms with E-state index < -0.39 is 10.2 Å². The second kappa shape index (κ2) is 9.23. The van der Waals surface area contributed by atoms with Gasteiger partial charge in [0, 0.05) is 26.2 Å². The summed E-state index contributed by atoms with van der Waals surface area (Å²) in [4.78, 5) is 12.1. The number of carbonyl (C=O) groups is 1. The van der Waals surface area contributed by atoms with Crippen LogP contribution in [0.25, 0.3) is 0 Å². The second-order valence-corrected chi connectivity index (χ2v) is 8.04. The predicted octanol–water partition coefficient (Wildman–Crippen LogP) is 2.00. The quantitative estimate of drug-likeness (QED) is 0.745. The summed E-state index contributed by atoms with van der Waals surface area (Å²) in [7, 11) is -3.69. The fourth-order valence-electron chi connectivity index (χ4n) is 3.18. The van der Waals surface area contributed by atoms with Crippen LogP contribution < -0.4 is 14.4 Å². The summed E-state index contributed by atoms with van der Waals surface area (Å²) < 4.78 is 34.5. The van der Waals surface area contributed by atoms with E-state index >= 15 is 0 Å². The lowest BCUT2D eigenvalue weighted by atomic mass is 9.99. The van der Waals surface area contributed by atoms with E-state index in [-0.39, 0.29) is 18.4 Å². The Morgan fingerprint density at radius 2 is 1.96 bits per heavy atom. The van der Waals surface area contributed by atoms with Gasteiger partial charge in [-0.05, 0) is 57.9 Å². The summed E-state index contributed by atoms with van der Waals surface area (Å²) in [5.41, 5.74) is 0.594. The molecule has 1 aliphatic heterocycles. The Hall–Kier alpha value is -1.80. The lowest BCUT2D eigenvalue weighted by Crippen LogP contribution is -2.50. The fourth-order valence-corrected chi connectivity index (χ4v) is 4.90. The molecule has 146 valence electrons. The minimum Gasteiger partial charge on any atom is -0.494 e. The summed E-state index contributed by atoms with van der Waals surface area (Å²) in [5.74, 6) is 0.341. The fraction of sp³-hybridized carbons (Fsp3) is 0.611. The van der Waals surface area contributed by atoms with E-state index in [2.05, 4.69) is 5.32 Å². The molecule has 1 aliphatic rings. The van der Waals surface area contributed by atoms with Crippen molar-refractivity contribution in [2.24, 2.45) is 5.92 Å². The molecule has 1 aromatic rings. The smallest absolute Gasteiger partial charge is 0.304 e. The summed E-state index contributed by atoms with van der Waals surface area (Å²) in [6.07, 6.45) is 1.40. The Balaban J connectivity index is 2.18. The van der Waals surface area contributed by atoms with Gasteiger partial charge < -0.3 is 10.1 Å². The van der Waals surface area contributed by atoms with Crippen molar-refractivity contribution in [3.63, 3.8) is 0 Å². The van der Waals surface area contributed by atoms with Crippen molar-refractivity contribution in [3.05, 3.63) is 24.3 Å². The Morgan fingerprint density at radius 3 is 2.54 bits per heavy atom. The Kier molecular flexibility index (Phi) is 7.28. The SMILES string of the molecule is CCNC(=O)[C@@H]1CCCN(S(=O)(=O)N(CC)c2ccc(OCC)cc2)C1. The lowest BCUT2D eigenvalue weighted by molar-refractivity contribution is -0.125. The molecule has 2 rings (SSSR count). The van der Waals surface area contributed by atoms with E-state index in [4.69, 9.17) is 4.74 Å². The molecule has 0 spiro atoms. The average Bonchev–Trinajstić information content (AvgIpc) is 2.64. The standard InChI is InChI=1S/C18H29N3O4S/c1-4-19-18(22)15-8-7-13-20(14-15)26(23,24)21(5-2)16-9-11-17(12-10-16)25-6-3/h9-12,15H,4-8,13-14H2,1-3H3,(H,19,22)/t15-/m1/s1. The highest BCUT2D eigenvalue weighted by Gasteiger charge is 2.35. The summed E-state index contributed by atoms with van der Waals surface area (Å²) in [6, 6.07) is 7.03. The van der Waals surface area contributed by atoms with Gasteiger partial charge in [0.25, 0.3) is 0 Å². The van der Waals surface area contributed by atoms with Crippen molar-refractivity contribution in [2.75, 3.05) is 37.1 Å². The third-order valence-electron chi connectivity index (χ3n) is 4.43. The molecule has 0 unspecified atom stereocenters. The van der Waals surface area contributed by atoms with Crippen LogP contribution in [-0.2, 0) is 15.0 Å². The number of benzene rings is 1. The van der Waals surface area contributed by atoms with E-state index in [0.29, 0.717) is 50.5 Å². The van der Waals surface area contributed by atoms with Gasteiger partial charge in [0.1, 0.15) is 5.75 Å². The zero-order valence-corrected chi connectivity index (χ0v) is 16.6. The van der Waals surface area contributed by atoms with Gasteiger partial charge in [-0.3, -0.25) is 9.10 Å². The van der Waals surface area contributed by atoms with Gasteiger partial charge in [-0.2, -0.15) is 12.7 Å². The van der Waals surface area contributed by atoms with Crippen LogP contribution in [0.5, 0.6) is 5.75 Å². The van der Waals surface area contributed by atoms with E-state index in [1.54, 1.807) is 31.2 Å². The first-order chi connectivity index (χ1) is 12.4. The molecule has 1 heterocycles. The van der Waals surface area contributed by atoms with E-state index in [1.807, 2.05) is 13.8 Å². The molecule has 1 N–H and O–H groups in total. The summed E-state index contributed by atoms with van der Waals surface area (Å²) in [5, 5.41) is 2.79. The van der Waals surface area contributed by atoms with Gasteiger partial charge in [-0.25, -0.2) is 0 Å². The van der Waals surface area contributed by atoms with Crippen LogP contribution in [0.2, 0.25) is 0 Å². The Morgan fingerprint density at radius 1 is 1.27 bits per heavy atom. The van der Waals surface area contributed by atoms with Crippen LogP contribution in [0.3, 0.4) is 0 Å². The van der Waals surface area contributed by atoms with Crippen LogP contribution in [0, 0.1) is 5.92 Å². The highest BCUT2D eigenvalue weighted by atomic mass is 32.2. The van der Waals surface area contributed by atoms with Crippen molar-refractivity contribution in [2.45, 2.75) is 33.6 Å². The zero-order chi connectivity index (χ0) is 19.2. The highest BCUT2D eigenvalue weighted by Crippen LogP contribution is 2.26. The number of carbonyl (C=O) groups excluding carboxylic acids is 1. The number of ether oxygens (including phenoxy) is 1. The molecule has 0 aromatic heterocycles.